The van der Waals surface area contributed by atoms with Crippen LogP contribution in [0.25, 0.3) is 0 Å². The maximum Gasteiger partial charge on any atom is 0.188 e. The molecular weight excluding hydrogens is 162 g/mol. The highest BCUT2D eigenvalue weighted by Crippen LogP contribution is 1.90. The standard InChI is InChI=1S/C6H15N3OS/c1-5(11)4-9-6(7)8-2-3-10/h5,10-11H,2-4H2,1H3,(H3,7,8,9). The third-order valence-electron chi connectivity index (χ3n) is 0.944. The summed E-state index contributed by atoms with van der Waals surface area (Å²) in [5.74, 6) is 0.361. The molecule has 0 aromatic heterocycles. The van der Waals surface area contributed by atoms with Crippen LogP contribution in [-0.4, -0.2) is 36.0 Å². The fourth-order valence-corrected chi connectivity index (χ4v) is 0.552. The van der Waals surface area contributed by atoms with Gasteiger partial charge < -0.3 is 16.2 Å². The first-order valence-corrected chi connectivity index (χ1v) is 4.01. The molecule has 0 fully saturated rings. The van der Waals surface area contributed by atoms with Gasteiger partial charge in [-0.3, -0.25) is 4.99 Å². The van der Waals surface area contributed by atoms with Gasteiger partial charge in [-0.05, 0) is 0 Å². The zero-order valence-electron chi connectivity index (χ0n) is 6.62. The Hall–Kier alpha value is -0.420. The van der Waals surface area contributed by atoms with Gasteiger partial charge in [-0.2, -0.15) is 12.6 Å². The molecule has 1 unspecified atom stereocenters. The lowest BCUT2D eigenvalue weighted by molar-refractivity contribution is 0.300. The van der Waals surface area contributed by atoms with Crippen LogP contribution in [0.5, 0.6) is 0 Å². The van der Waals surface area contributed by atoms with Crippen molar-refractivity contribution in [3.63, 3.8) is 0 Å². The Labute approximate surface area is 72.3 Å². The minimum absolute atomic E-state index is 0.0622. The van der Waals surface area contributed by atoms with Crippen LogP contribution in [0.15, 0.2) is 4.99 Å². The Balaban J connectivity index is 3.46. The quantitative estimate of drug-likeness (QED) is 0.258. The number of hydrogen-bond acceptors (Lipinski definition) is 3. The van der Waals surface area contributed by atoms with Crippen molar-refractivity contribution in [1.29, 1.82) is 0 Å². The maximum atomic E-state index is 8.40. The van der Waals surface area contributed by atoms with E-state index in [9.17, 15) is 0 Å². The van der Waals surface area contributed by atoms with Crippen LogP contribution >= 0.6 is 12.6 Å². The fraction of sp³-hybridized carbons (Fsp3) is 0.833. The molecule has 0 radical (unpaired) electrons. The second kappa shape index (κ2) is 6.30. The van der Waals surface area contributed by atoms with E-state index < -0.39 is 0 Å². The summed E-state index contributed by atoms with van der Waals surface area (Å²) in [6.07, 6.45) is 0. The van der Waals surface area contributed by atoms with Gasteiger partial charge in [-0.25, -0.2) is 0 Å². The second-order valence-electron chi connectivity index (χ2n) is 2.23. The van der Waals surface area contributed by atoms with Crippen LogP contribution in [0.4, 0.5) is 0 Å². The predicted molar refractivity (Wildman–Crippen MR) is 50.0 cm³/mol. The molecule has 1 atom stereocenters. The monoisotopic (exact) mass is 177 g/mol. The second-order valence-corrected chi connectivity index (χ2v) is 3.11. The molecule has 11 heavy (non-hydrogen) atoms. The average Bonchev–Trinajstić information content (AvgIpc) is 1.97. The smallest absolute Gasteiger partial charge is 0.188 e. The van der Waals surface area contributed by atoms with Gasteiger partial charge in [0.1, 0.15) is 0 Å². The first-order chi connectivity index (χ1) is 5.16. The van der Waals surface area contributed by atoms with E-state index in [0.29, 0.717) is 19.0 Å². The molecule has 0 amide bonds. The molecule has 66 valence electrons. The van der Waals surface area contributed by atoms with Crippen molar-refractivity contribution in [2.75, 3.05) is 19.7 Å². The van der Waals surface area contributed by atoms with Crippen molar-refractivity contribution in [1.82, 2.24) is 5.32 Å². The van der Waals surface area contributed by atoms with Gasteiger partial charge in [0.25, 0.3) is 0 Å². The van der Waals surface area contributed by atoms with E-state index in [1.165, 1.54) is 0 Å². The molecule has 4 N–H and O–H groups in total. The number of hydrogen-bond donors (Lipinski definition) is 4. The average molecular weight is 177 g/mol. The molecule has 0 aliphatic carbocycles. The predicted octanol–water partition coefficient (Wildman–Crippen LogP) is -0.799. The number of aliphatic hydroxyl groups is 1. The Morgan fingerprint density at radius 1 is 1.82 bits per heavy atom. The maximum absolute atomic E-state index is 8.40. The summed E-state index contributed by atoms with van der Waals surface area (Å²) in [6.45, 7) is 3.03. The Morgan fingerprint density at radius 3 is 2.91 bits per heavy atom. The van der Waals surface area contributed by atoms with Crippen molar-refractivity contribution in [3.05, 3.63) is 0 Å². The van der Waals surface area contributed by atoms with Crippen molar-refractivity contribution >= 4 is 18.6 Å². The highest BCUT2D eigenvalue weighted by molar-refractivity contribution is 7.80. The molecule has 0 heterocycles. The van der Waals surface area contributed by atoms with E-state index in [1.54, 1.807) is 0 Å². The molecule has 0 rings (SSSR count). The molecule has 0 saturated heterocycles. The third kappa shape index (κ3) is 7.48. The van der Waals surface area contributed by atoms with Crippen LogP contribution in [0.2, 0.25) is 0 Å². The first kappa shape index (κ1) is 10.6. The molecule has 4 nitrogen and oxygen atoms in total. The number of guanidine groups is 1. The SMILES string of the molecule is CC(S)CN=C(N)NCCO. The van der Waals surface area contributed by atoms with Crippen LogP contribution in [-0.2, 0) is 0 Å². The van der Waals surface area contributed by atoms with E-state index >= 15 is 0 Å². The summed E-state index contributed by atoms with van der Waals surface area (Å²) < 4.78 is 0. The van der Waals surface area contributed by atoms with Crippen LogP contribution < -0.4 is 11.1 Å². The molecule has 0 aliphatic heterocycles. The third-order valence-corrected chi connectivity index (χ3v) is 1.11. The highest BCUT2D eigenvalue weighted by atomic mass is 32.1. The largest absolute Gasteiger partial charge is 0.395 e. The van der Waals surface area contributed by atoms with Crippen LogP contribution in [0.3, 0.4) is 0 Å². The van der Waals surface area contributed by atoms with Crippen molar-refractivity contribution in [2.24, 2.45) is 10.7 Å². The van der Waals surface area contributed by atoms with Crippen LogP contribution in [0, 0.1) is 0 Å². The molecular formula is C6H15N3OS. The molecule has 0 saturated carbocycles. The van der Waals surface area contributed by atoms with E-state index in [-0.39, 0.29) is 11.9 Å². The van der Waals surface area contributed by atoms with Crippen molar-refractivity contribution < 1.29 is 5.11 Å². The van der Waals surface area contributed by atoms with Crippen LogP contribution in [0.1, 0.15) is 6.92 Å². The minimum Gasteiger partial charge on any atom is -0.395 e. The topological polar surface area (TPSA) is 70.6 Å². The Bertz CT molecular complexity index is 127. The number of nitrogens with two attached hydrogens (primary N) is 1. The van der Waals surface area contributed by atoms with Gasteiger partial charge in [0.15, 0.2) is 5.96 Å². The zero-order chi connectivity index (χ0) is 8.69. The Kier molecular flexibility index (Phi) is 6.06. The normalized spacial score (nSPS) is 14.6. The number of nitrogens with one attached hydrogen (secondary N) is 1. The lowest BCUT2D eigenvalue weighted by atomic mass is 10.5. The van der Waals surface area contributed by atoms with Gasteiger partial charge in [-0.15, -0.1) is 0 Å². The van der Waals surface area contributed by atoms with Gasteiger partial charge in [0.2, 0.25) is 0 Å². The molecule has 5 heteroatoms. The summed E-state index contributed by atoms with van der Waals surface area (Å²) in [4.78, 5) is 3.96. The number of nitrogens with zero attached hydrogens (tertiary/aromatic N) is 1. The number of aliphatic hydroxyl groups excluding tert-OH is 1. The fourth-order valence-electron chi connectivity index (χ4n) is 0.470. The van der Waals surface area contributed by atoms with Crippen molar-refractivity contribution in [3.8, 4) is 0 Å². The first-order valence-electron chi connectivity index (χ1n) is 3.49. The van der Waals surface area contributed by atoms with E-state index in [1.807, 2.05) is 6.92 Å². The highest BCUT2D eigenvalue weighted by Gasteiger charge is 1.92. The van der Waals surface area contributed by atoms with Gasteiger partial charge in [0, 0.05) is 11.8 Å². The summed E-state index contributed by atoms with van der Waals surface area (Å²) in [5, 5.41) is 11.3. The van der Waals surface area contributed by atoms with Gasteiger partial charge in [0.05, 0.1) is 13.2 Å². The van der Waals surface area contributed by atoms with Crippen molar-refractivity contribution in [2.45, 2.75) is 12.2 Å². The molecule has 0 aliphatic rings. The molecule has 0 spiro atoms. The molecule has 0 bridgehead atoms. The van der Waals surface area contributed by atoms with E-state index in [2.05, 4.69) is 22.9 Å². The summed E-state index contributed by atoms with van der Waals surface area (Å²) in [6, 6.07) is 0. The summed E-state index contributed by atoms with van der Waals surface area (Å²) in [5.41, 5.74) is 5.40. The number of aliphatic imine (C=N–C) groups is 1. The number of thiol groups is 1. The summed E-state index contributed by atoms with van der Waals surface area (Å²) in [7, 11) is 0. The van der Waals surface area contributed by atoms with E-state index in [4.69, 9.17) is 10.8 Å². The lowest BCUT2D eigenvalue weighted by Gasteiger charge is -2.03. The summed E-state index contributed by atoms with van der Waals surface area (Å²) >= 11 is 4.12. The Morgan fingerprint density at radius 2 is 2.45 bits per heavy atom. The molecule has 0 aromatic rings. The van der Waals surface area contributed by atoms with Gasteiger partial charge >= 0.3 is 0 Å². The molecule has 0 aromatic carbocycles. The van der Waals surface area contributed by atoms with E-state index in [0.717, 1.165) is 0 Å². The minimum atomic E-state index is 0.0622. The lowest BCUT2D eigenvalue weighted by Crippen LogP contribution is -2.34. The van der Waals surface area contributed by atoms with Gasteiger partial charge in [-0.1, -0.05) is 6.92 Å². The number of rotatable bonds is 4. The zero-order valence-corrected chi connectivity index (χ0v) is 7.51.